The van der Waals surface area contributed by atoms with Gasteiger partial charge in [0.25, 0.3) is 5.95 Å². The van der Waals surface area contributed by atoms with Crippen LogP contribution in [0, 0.1) is 0 Å². The molecule has 0 saturated carbocycles. The maximum Gasteiger partial charge on any atom is 0.250 e. The van der Waals surface area contributed by atoms with E-state index < -0.39 is 0 Å². The van der Waals surface area contributed by atoms with Gasteiger partial charge in [-0.15, -0.1) is 0 Å². The van der Waals surface area contributed by atoms with Crippen LogP contribution in [0.5, 0.6) is 0 Å². The number of rotatable bonds is 4. The first-order chi connectivity index (χ1) is 9.90. The van der Waals surface area contributed by atoms with Crippen molar-refractivity contribution in [1.82, 2.24) is 20.2 Å². The molecule has 0 bridgehead atoms. The van der Waals surface area contributed by atoms with Crippen LogP contribution in [0.2, 0.25) is 0 Å². The Morgan fingerprint density at radius 1 is 1.20 bits per heavy atom. The number of aromatic nitrogens is 4. The van der Waals surface area contributed by atoms with Crippen molar-refractivity contribution in [3.05, 3.63) is 30.3 Å². The van der Waals surface area contributed by atoms with Crippen LogP contribution in [0.4, 0.5) is 5.95 Å². The molecule has 3 rings (SSSR count). The predicted octanol–water partition coefficient (Wildman–Crippen LogP) is 1.40. The zero-order valence-corrected chi connectivity index (χ0v) is 11.4. The van der Waals surface area contributed by atoms with Crippen molar-refractivity contribution >= 4 is 5.95 Å². The quantitative estimate of drug-likeness (QED) is 0.912. The number of para-hydroxylation sites is 1. The molecule has 1 aromatic carbocycles. The van der Waals surface area contributed by atoms with Gasteiger partial charge in [-0.1, -0.05) is 23.3 Å². The van der Waals surface area contributed by atoms with Gasteiger partial charge < -0.3 is 10.0 Å². The lowest BCUT2D eigenvalue weighted by Crippen LogP contribution is -2.41. The van der Waals surface area contributed by atoms with Crippen LogP contribution in [0.3, 0.4) is 0 Å². The van der Waals surface area contributed by atoms with Crippen LogP contribution >= 0.6 is 0 Å². The lowest BCUT2D eigenvalue weighted by Gasteiger charge is -2.35. The third-order valence-corrected chi connectivity index (χ3v) is 3.80. The molecule has 20 heavy (non-hydrogen) atoms. The standard InChI is InChI=1S/C14H19N5O/c20-11-9-12-6-4-5-10-18(12)14-15-16-17-19(14)13-7-2-1-3-8-13/h1-3,7-8,12,20H,4-6,9-11H2. The Morgan fingerprint density at radius 3 is 2.85 bits per heavy atom. The maximum atomic E-state index is 9.24. The zero-order valence-electron chi connectivity index (χ0n) is 11.4. The summed E-state index contributed by atoms with van der Waals surface area (Å²) in [7, 11) is 0. The number of hydrogen-bond donors (Lipinski definition) is 1. The molecule has 1 N–H and O–H groups in total. The van der Waals surface area contributed by atoms with E-state index in [-0.39, 0.29) is 6.61 Å². The summed E-state index contributed by atoms with van der Waals surface area (Å²) in [6.07, 6.45) is 4.20. The highest BCUT2D eigenvalue weighted by Gasteiger charge is 2.26. The molecule has 0 aliphatic carbocycles. The fraction of sp³-hybridized carbons (Fsp3) is 0.500. The molecule has 6 heteroatoms. The SMILES string of the molecule is OCCC1CCCCN1c1nnnn1-c1ccccc1. The topological polar surface area (TPSA) is 67.1 Å². The second-order valence-electron chi connectivity index (χ2n) is 5.08. The number of tetrazole rings is 1. The highest BCUT2D eigenvalue weighted by molar-refractivity contribution is 5.41. The number of aliphatic hydroxyl groups excluding tert-OH is 1. The summed E-state index contributed by atoms with van der Waals surface area (Å²) < 4.78 is 1.77. The van der Waals surface area contributed by atoms with E-state index >= 15 is 0 Å². The van der Waals surface area contributed by atoms with Crippen molar-refractivity contribution in [2.24, 2.45) is 0 Å². The number of hydrogen-bond acceptors (Lipinski definition) is 5. The molecule has 6 nitrogen and oxygen atoms in total. The number of benzene rings is 1. The largest absolute Gasteiger partial charge is 0.396 e. The maximum absolute atomic E-state index is 9.24. The number of piperidine rings is 1. The van der Waals surface area contributed by atoms with Gasteiger partial charge in [0.1, 0.15) is 0 Å². The van der Waals surface area contributed by atoms with E-state index in [1.807, 2.05) is 30.3 Å². The summed E-state index contributed by atoms with van der Waals surface area (Å²) >= 11 is 0. The Labute approximate surface area is 118 Å². The van der Waals surface area contributed by atoms with Gasteiger partial charge in [0.15, 0.2) is 0 Å². The number of nitrogens with zero attached hydrogens (tertiary/aromatic N) is 5. The van der Waals surface area contributed by atoms with Crippen LogP contribution in [-0.2, 0) is 0 Å². The summed E-state index contributed by atoms with van der Waals surface area (Å²) in [4.78, 5) is 2.23. The summed E-state index contributed by atoms with van der Waals surface area (Å²) in [5.41, 5.74) is 0.959. The van der Waals surface area contributed by atoms with Gasteiger partial charge in [-0.2, -0.15) is 4.68 Å². The average molecular weight is 273 g/mol. The fourth-order valence-corrected chi connectivity index (χ4v) is 2.81. The molecule has 0 amide bonds. The van der Waals surface area contributed by atoms with Crippen molar-refractivity contribution in [2.75, 3.05) is 18.1 Å². The van der Waals surface area contributed by atoms with E-state index in [0.717, 1.165) is 37.4 Å². The zero-order chi connectivity index (χ0) is 13.8. The number of anilines is 1. The van der Waals surface area contributed by atoms with Gasteiger partial charge in [-0.05, 0) is 48.2 Å². The molecule has 1 fully saturated rings. The molecule has 1 aliphatic heterocycles. The van der Waals surface area contributed by atoms with Crippen LogP contribution in [0.15, 0.2) is 30.3 Å². The van der Waals surface area contributed by atoms with E-state index in [2.05, 4.69) is 20.4 Å². The summed E-state index contributed by atoms with van der Waals surface area (Å²) in [6, 6.07) is 10.2. The Hall–Kier alpha value is -1.95. The minimum absolute atomic E-state index is 0.202. The molecule has 2 heterocycles. The van der Waals surface area contributed by atoms with Crippen molar-refractivity contribution in [2.45, 2.75) is 31.7 Å². The van der Waals surface area contributed by atoms with Gasteiger partial charge in [0, 0.05) is 19.2 Å². The van der Waals surface area contributed by atoms with Crippen LogP contribution in [-0.4, -0.2) is 44.5 Å². The van der Waals surface area contributed by atoms with Crippen LogP contribution < -0.4 is 4.90 Å². The van der Waals surface area contributed by atoms with E-state index in [0.29, 0.717) is 6.04 Å². The van der Waals surface area contributed by atoms with Gasteiger partial charge >= 0.3 is 0 Å². The number of aliphatic hydroxyl groups is 1. The lowest BCUT2D eigenvalue weighted by atomic mass is 10.0. The highest BCUT2D eigenvalue weighted by atomic mass is 16.3. The molecule has 1 aliphatic rings. The highest BCUT2D eigenvalue weighted by Crippen LogP contribution is 2.25. The molecule has 0 spiro atoms. The fourth-order valence-electron chi connectivity index (χ4n) is 2.81. The van der Waals surface area contributed by atoms with Gasteiger partial charge in [-0.25, -0.2) is 0 Å². The minimum atomic E-state index is 0.202. The van der Waals surface area contributed by atoms with Gasteiger partial charge in [-0.3, -0.25) is 0 Å². The van der Waals surface area contributed by atoms with Crippen molar-refractivity contribution < 1.29 is 5.11 Å². The first-order valence-electron chi connectivity index (χ1n) is 7.11. The molecular formula is C14H19N5O. The van der Waals surface area contributed by atoms with E-state index in [1.54, 1.807) is 4.68 Å². The third-order valence-electron chi connectivity index (χ3n) is 3.80. The lowest BCUT2D eigenvalue weighted by molar-refractivity contribution is 0.261. The normalized spacial score (nSPS) is 19.2. The van der Waals surface area contributed by atoms with E-state index in [4.69, 9.17) is 0 Å². The summed E-state index contributed by atoms with van der Waals surface area (Å²) in [5, 5.41) is 21.4. The van der Waals surface area contributed by atoms with Crippen LogP contribution in [0.1, 0.15) is 25.7 Å². The summed E-state index contributed by atoms with van der Waals surface area (Å²) in [6.45, 7) is 1.14. The Morgan fingerprint density at radius 2 is 2.05 bits per heavy atom. The van der Waals surface area contributed by atoms with Crippen molar-refractivity contribution in [1.29, 1.82) is 0 Å². The molecule has 1 aromatic heterocycles. The predicted molar refractivity (Wildman–Crippen MR) is 75.8 cm³/mol. The molecular weight excluding hydrogens is 254 g/mol. The monoisotopic (exact) mass is 273 g/mol. The van der Waals surface area contributed by atoms with E-state index in [1.165, 1.54) is 6.42 Å². The third kappa shape index (κ3) is 2.51. The van der Waals surface area contributed by atoms with E-state index in [9.17, 15) is 5.11 Å². The molecule has 1 saturated heterocycles. The molecule has 106 valence electrons. The minimum Gasteiger partial charge on any atom is -0.396 e. The second-order valence-corrected chi connectivity index (χ2v) is 5.08. The Kier molecular flexibility index (Phi) is 3.92. The summed E-state index contributed by atoms with van der Waals surface area (Å²) in [5.74, 6) is 0.773. The molecule has 2 aromatic rings. The van der Waals surface area contributed by atoms with Gasteiger partial charge in [0.05, 0.1) is 5.69 Å². The first-order valence-corrected chi connectivity index (χ1v) is 7.11. The Bertz CT molecular complexity index is 540. The average Bonchev–Trinajstić information content (AvgIpc) is 2.98. The van der Waals surface area contributed by atoms with Crippen molar-refractivity contribution in [3.8, 4) is 5.69 Å². The van der Waals surface area contributed by atoms with Crippen molar-refractivity contribution in [3.63, 3.8) is 0 Å². The molecule has 1 unspecified atom stereocenters. The Balaban J connectivity index is 1.92. The molecule has 0 radical (unpaired) electrons. The van der Waals surface area contributed by atoms with Gasteiger partial charge in [0.2, 0.25) is 0 Å². The first kappa shape index (κ1) is 13.1. The molecule has 1 atom stereocenters. The second kappa shape index (κ2) is 6.00. The smallest absolute Gasteiger partial charge is 0.250 e. The van der Waals surface area contributed by atoms with Crippen LogP contribution in [0.25, 0.3) is 5.69 Å².